The van der Waals surface area contributed by atoms with E-state index in [2.05, 4.69) is 5.32 Å². The summed E-state index contributed by atoms with van der Waals surface area (Å²) in [5, 5.41) is 13.6. The fraction of sp³-hybridized carbons (Fsp3) is 0.333. The third-order valence-electron chi connectivity index (χ3n) is 4.92. The van der Waals surface area contributed by atoms with E-state index in [1.54, 1.807) is 31.2 Å². The first-order valence-corrected chi connectivity index (χ1v) is 9.37. The van der Waals surface area contributed by atoms with Crippen molar-refractivity contribution in [2.75, 3.05) is 13.2 Å². The van der Waals surface area contributed by atoms with E-state index in [1.807, 2.05) is 32.0 Å². The largest absolute Gasteiger partial charge is 0.490 e. The van der Waals surface area contributed by atoms with Crippen molar-refractivity contribution in [1.82, 2.24) is 10.2 Å². The Morgan fingerprint density at radius 3 is 2.36 bits per heavy atom. The molecule has 2 N–H and O–H groups in total. The number of rotatable bonds is 6. The number of para-hydroxylation sites is 1. The van der Waals surface area contributed by atoms with E-state index in [0.717, 1.165) is 16.0 Å². The number of hydrogen-bond donors (Lipinski definition) is 2. The molecule has 1 aliphatic heterocycles. The Morgan fingerprint density at radius 1 is 1.14 bits per heavy atom. The topological polar surface area (TPSA) is 78.9 Å². The lowest BCUT2D eigenvalue weighted by atomic mass is 9.92. The Kier molecular flexibility index (Phi) is 5.63. The molecule has 3 rings (SSSR count). The molecule has 148 valence electrons. The highest BCUT2D eigenvalue weighted by Gasteiger charge is 2.49. The third-order valence-corrected chi connectivity index (χ3v) is 5.17. The van der Waals surface area contributed by atoms with Crippen LogP contribution in [0.2, 0.25) is 5.02 Å². The number of carbonyl (C=O) groups is 2. The SMILES string of the molecule is Cc1cccc(C)c1OC[C@H](O)CN1C(=O)N[C@@](C)(c2ccc(Cl)cc2)C1=O. The summed E-state index contributed by atoms with van der Waals surface area (Å²) in [6, 6.07) is 11.9. The van der Waals surface area contributed by atoms with E-state index >= 15 is 0 Å². The Bertz CT molecular complexity index is 880. The van der Waals surface area contributed by atoms with E-state index in [1.165, 1.54) is 0 Å². The zero-order valence-electron chi connectivity index (χ0n) is 16.0. The Morgan fingerprint density at radius 2 is 1.75 bits per heavy atom. The lowest BCUT2D eigenvalue weighted by Gasteiger charge is -2.23. The number of β-amino-alcohol motifs (C(OH)–C–C–N with tert-alkyl or cyclic N) is 1. The molecule has 0 aliphatic carbocycles. The van der Waals surface area contributed by atoms with Crippen molar-refractivity contribution in [3.63, 3.8) is 0 Å². The fourth-order valence-corrected chi connectivity index (χ4v) is 3.44. The highest BCUT2D eigenvalue weighted by molar-refractivity contribution is 6.30. The van der Waals surface area contributed by atoms with Crippen LogP contribution in [0.5, 0.6) is 5.75 Å². The van der Waals surface area contributed by atoms with Crippen LogP contribution in [0.4, 0.5) is 4.79 Å². The van der Waals surface area contributed by atoms with Crippen LogP contribution in [0.25, 0.3) is 0 Å². The van der Waals surface area contributed by atoms with Crippen LogP contribution < -0.4 is 10.1 Å². The van der Waals surface area contributed by atoms with E-state index in [-0.39, 0.29) is 13.2 Å². The summed E-state index contributed by atoms with van der Waals surface area (Å²) in [5.41, 5.74) is 1.34. The number of ether oxygens (including phenoxy) is 1. The summed E-state index contributed by atoms with van der Waals surface area (Å²) >= 11 is 5.90. The molecule has 28 heavy (non-hydrogen) atoms. The van der Waals surface area contributed by atoms with Crippen LogP contribution >= 0.6 is 11.6 Å². The van der Waals surface area contributed by atoms with E-state index in [0.29, 0.717) is 16.3 Å². The number of halogens is 1. The first-order chi connectivity index (χ1) is 13.2. The van der Waals surface area contributed by atoms with Gasteiger partial charge in [-0.25, -0.2) is 4.79 Å². The van der Waals surface area contributed by atoms with E-state index in [9.17, 15) is 14.7 Å². The molecule has 6 nitrogen and oxygen atoms in total. The van der Waals surface area contributed by atoms with Gasteiger partial charge in [-0.3, -0.25) is 9.69 Å². The minimum atomic E-state index is -1.20. The van der Waals surface area contributed by atoms with Crippen LogP contribution in [0, 0.1) is 13.8 Å². The first-order valence-electron chi connectivity index (χ1n) is 8.99. The molecule has 1 aliphatic rings. The van der Waals surface area contributed by atoms with Crippen LogP contribution in [0.15, 0.2) is 42.5 Å². The predicted octanol–water partition coefficient (Wildman–Crippen LogP) is 3.16. The Hall–Kier alpha value is -2.57. The molecular weight excluding hydrogens is 380 g/mol. The highest BCUT2D eigenvalue weighted by Crippen LogP contribution is 2.30. The van der Waals surface area contributed by atoms with Gasteiger partial charge >= 0.3 is 6.03 Å². The summed E-state index contributed by atoms with van der Waals surface area (Å²) in [6.45, 7) is 5.29. The summed E-state index contributed by atoms with van der Waals surface area (Å²) < 4.78 is 5.73. The van der Waals surface area contributed by atoms with Gasteiger partial charge in [-0.2, -0.15) is 0 Å². The maximum Gasteiger partial charge on any atom is 0.325 e. The molecule has 3 amide bonds. The second kappa shape index (κ2) is 7.81. The zero-order chi connectivity index (χ0) is 20.5. The maximum atomic E-state index is 12.9. The number of benzene rings is 2. The second-order valence-corrected chi connectivity index (χ2v) is 7.60. The molecule has 0 radical (unpaired) electrons. The molecule has 1 fully saturated rings. The van der Waals surface area contributed by atoms with Crippen molar-refractivity contribution in [1.29, 1.82) is 0 Å². The number of aliphatic hydroxyl groups is 1. The molecule has 0 unspecified atom stereocenters. The number of nitrogens with zero attached hydrogens (tertiary/aromatic N) is 1. The molecule has 1 heterocycles. The van der Waals surface area contributed by atoms with Gasteiger partial charge in [-0.15, -0.1) is 0 Å². The van der Waals surface area contributed by atoms with Crippen LogP contribution in [-0.4, -0.2) is 41.2 Å². The lowest BCUT2D eigenvalue weighted by Crippen LogP contribution is -2.42. The van der Waals surface area contributed by atoms with E-state index < -0.39 is 23.6 Å². The maximum absolute atomic E-state index is 12.9. The number of nitrogens with one attached hydrogen (secondary N) is 1. The molecule has 1 saturated heterocycles. The van der Waals surface area contributed by atoms with Crippen LogP contribution in [-0.2, 0) is 10.3 Å². The van der Waals surface area contributed by atoms with Gasteiger partial charge in [0.25, 0.3) is 5.91 Å². The Balaban J connectivity index is 1.68. The average Bonchev–Trinajstić information content (AvgIpc) is 2.86. The third kappa shape index (κ3) is 3.84. The first kappa shape index (κ1) is 20.2. The van der Waals surface area contributed by atoms with Crippen molar-refractivity contribution in [2.24, 2.45) is 0 Å². The minimum absolute atomic E-state index is 0.0274. The van der Waals surface area contributed by atoms with Gasteiger partial charge in [-0.1, -0.05) is 41.9 Å². The number of imide groups is 1. The number of aliphatic hydroxyl groups excluding tert-OH is 1. The van der Waals surface area contributed by atoms with Gasteiger partial charge < -0.3 is 15.2 Å². The van der Waals surface area contributed by atoms with Gasteiger partial charge in [0.2, 0.25) is 0 Å². The summed E-state index contributed by atoms with van der Waals surface area (Å²) in [7, 11) is 0. The smallest absolute Gasteiger partial charge is 0.325 e. The molecule has 0 aromatic heterocycles. The standard InChI is InChI=1S/C21H23ClN2O4/c1-13-5-4-6-14(2)18(13)28-12-17(25)11-24-19(26)21(3,23-20(24)27)15-7-9-16(22)10-8-15/h4-10,17,25H,11-12H2,1-3H3,(H,23,27)/t17-,21+/m1/s1. The summed E-state index contributed by atoms with van der Waals surface area (Å²) in [6.07, 6.45) is -1.01. The van der Waals surface area contributed by atoms with Crippen molar-refractivity contribution >= 4 is 23.5 Å². The summed E-state index contributed by atoms with van der Waals surface area (Å²) in [4.78, 5) is 26.3. The van der Waals surface area contributed by atoms with Crippen LogP contribution in [0.3, 0.4) is 0 Å². The average molecular weight is 403 g/mol. The predicted molar refractivity (Wildman–Crippen MR) is 106 cm³/mol. The number of aryl methyl sites for hydroxylation is 2. The molecule has 0 spiro atoms. The number of carbonyl (C=O) groups excluding carboxylic acids is 2. The molecule has 2 aromatic carbocycles. The van der Waals surface area contributed by atoms with Gasteiger partial charge in [0.1, 0.15) is 24.0 Å². The van der Waals surface area contributed by atoms with Crippen molar-refractivity contribution in [3.05, 3.63) is 64.2 Å². The number of amides is 3. The van der Waals surface area contributed by atoms with Gasteiger partial charge in [0.15, 0.2) is 0 Å². The molecule has 7 heteroatoms. The quantitative estimate of drug-likeness (QED) is 0.727. The minimum Gasteiger partial charge on any atom is -0.490 e. The molecule has 0 saturated carbocycles. The van der Waals surface area contributed by atoms with E-state index in [4.69, 9.17) is 16.3 Å². The fourth-order valence-electron chi connectivity index (χ4n) is 3.31. The van der Waals surface area contributed by atoms with Crippen molar-refractivity contribution in [3.8, 4) is 5.75 Å². The normalized spacial score (nSPS) is 20.2. The number of urea groups is 1. The van der Waals surface area contributed by atoms with Gasteiger partial charge in [0.05, 0.1) is 6.54 Å². The summed E-state index contributed by atoms with van der Waals surface area (Å²) in [5.74, 6) is 0.274. The monoisotopic (exact) mass is 402 g/mol. The lowest BCUT2D eigenvalue weighted by molar-refractivity contribution is -0.132. The van der Waals surface area contributed by atoms with Gasteiger partial charge in [-0.05, 0) is 49.6 Å². The van der Waals surface area contributed by atoms with Gasteiger partial charge in [0, 0.05) is 5.02 Å². The molecule has 2 aromatic rings. The molecule has 0 bridgehead atoms. The zero-order valence-corrected chi connectivity index (χ0v) is 16.8. The Labute approximate surface area is 169 Å². The second-order valence-electron chi connectivity index (χ2n) is 7.16. The van der Waals surface area contributed by atoms with Crippen LogP contribution in [0.1, 0.15) is 23.6 Å². The van der Waals surface area contributed by atoms with Crippen molar-refractivity contribution in [2.45, 2.75) is 32.4 Å². The van der Waals surface area contributed by atoms with Crippen molar-refractivity contribution < 1.29 is 19.4 Å². The molecule has 2 atom stereocenters. The number of hydrogen-bond acceptors (Lipinski definition) is 4. The highest BCUT2D eigenvalue weighted by atomic mass is 35.5. The molecular formula is C21H23ClN2O4.